The number of carboxylic acid groups (broad SMARTS) is 1. The Labute approximate surface area is 154 Å². The van der Waals surface area contributed by atoms with Gasteiger partial charge < -0.3 is 21.5 Å². The SMILES string of the molecule is C[C@H](NC(=O)[C@@H](N)CCCCNC(=O)CCCc1ccccc1)C(=O)O. The highest BCUT2D eigenvalue weighted by Gasteiger charge is 2.18. The number of carbonyl (C=O) groups excluding carboxylic acids is 2. The van der Waals surface area contributed by atoms with Crippen LogP contribution in [0.2, 0.25) is 0 Å². The molecule has 144 valence electrons. The maximum Gasteiger partial charge on any atom is 0.325 e. The topological polar surface area (TPSA) is 122 Å². The fourth-order valence-corrected chi connectivity index (χ4v) is 2.42. The van der Waals surface area contributed by atoms with Crippen molar-refractivity contribution in [1.29, 1.82) is 0 Å². The molecule has 0 saturated carbocycles. The van der Waals surface area contributed by atoms with Crippen LogP contribution in [0.1, 0.15) is 44.6 Å². The van der Waals surface area contributed by atoms with Crippen LogP contribution in [0.3, 0.4) is 0 Å². The van der Waals surface area contributed by atoms with Crippen LogP contribution in [0.15, 0.2) is 30.3 Å². The summed E-state index contributed by atoms with van der Waals surface area (Å²) in [6, 6.07) is 8.36. The molecule has 7 nitrogen and oxygen atoms in total. The largest absolute Gasteiger partial charge is 0.480 e. The molecule has 0 aromatic heterocycles. The predicted molar refractivity (Wildman–Crippen MR) is 99.5 cm³/mol. The van der Waals surface area contributed by atoms with Crippen molar-refractivity contribution in [3.05, 3.63) is 35.9 Å². The molecule has 0 spiro atoms. The second kappa shape index (κ2) is 12.0. The van der Waals surface area contributed by atoms with Gasteiger partial charge in [0.1, 0.15) is 6.04 Å². The van der Waals surface area contributed by atoms with E-state index in [4.69, 9.17) is 10.8 Å². The summed E-state index contributed by atoms with van der Waals surface area (Å²) < 4.78 is 0. The van der Waals surface area contributed by atoms with Crippen LogP contribution in [-0.2, 0) is 20.8 Å². The highest BCUT2D eigenvalue weighted by Crippen LogP contribution is 2.04. The first-order chi connectivity index (χ1) is 12.4. The Morgan fingerprint density at radius 2 is 1.81 bits per heavy atom. The van der Waals surface area contributed by atoms with Crippen molar-refractivity contribution in [2.45, 2.75) is 57.5 Å². The summed E-state index contributed by atoms with van der Waals surface area (Å²) in [6.45, 7) is 1.93. The lowest BCUT2D eigenvalue weighted by atomic mass is 10.1. The van der Waals surface area contributed by atoms with E-state index >= 15 is 0 Å². The van der Waals surface area contributed by atoms with Crippen LogP contribution < -0.4 is 16.4 Å². The van der Waals surface area contributed by atoms with Crippen molar-refractivity contribution in [1.82, 2.24) is 10.6 Å². The zero-order chi connectivity index (χ0) is 19.4. The summed E-state index contributed by atoms with van der Waals surface area (Å²) in [5.41, 5.74) is 6.96. The van der Waals surface area contributed by atoms with Crippen LogP contribution in [0, 0.1) is 0 Å². The molecule has 0 heterocycles. The summed E-state index contributed by atoms with van der Waals surface area (Å²) in [5, 5.41) is 13.9. The number of benzene rings is 1. The molecule has 0 aliphatic carbocycles. The van der Waals surface area contributed by atoms with Gasteiger partial charge in [-0.15, -0.1) is 0 Å². The monoisotopic (exact) mass is 363 g/mol. The highest BCUT2D eigenvalue weighted by atomic mass is 16.4. The zero-order valence-electron chi connectivity index (χ0n) is 15.2. The molecule has 2 amide bonds. The quantitative estimate of drug-likeness (QED) is 0.416. The summed E-state index contributed by atoms with van der Waals surface area (Å²) in [6.07, 6.45) is 4.03. The van der Waals surface area contributed by atoms with E-state index in [1.807, 2.05) is 18.2 Å². The molecule has 0 unspecified atom stereocenters. The molecule has 26 heavy (non-hydrogen) atoms. The van der Waals surface area contributed by atoms with Crippen molar-refractivity contribution in [3.63, 3.8) is 0 Å². The van der Waals surface area contributed by atoms with E-state index < -0.39 is 24.0 Å². The average Bonchev–Trinajstić information content (AvgIpc) is 2.61. The second-order valence-corrected chi connectivity index (χ2v) is 6.36. The average molecular weight is 363 g/mol. The maximum absolute atomic E-state index is 11.8. The van der Waals surface area contributed by atoms with Crippen molar-refractivity contribution < 1.29 is 19.5 Å². The summed E-state index contributed by atoms with van der Waals surface area (Å²) in [7, 11) is 0. The van der Waals surface area contributed by atoms with E-state index in [0.29, 0.717) is 25.8 Å². The molecule has 0 aliphatic heterocycles. The van der Waals surface area contributed by atoms with E-state index in [0.717, 1.165) is 19.3 Å². The molecule has 7 heteroatoms. The van der Waals surface area contributed by atoms with Gasteiger partial charge in [0.25, 0.3) is 0 Å². The lowest BCUT2D eigenvalue weighted by Crippen LogP contribution is -2.47. The van der Waals surface area contributed by atoms with Gasteiger partial charge in [0.2, 0.25) is 11.8 Å². The number of carboxylic acids is 1. The van der Waals surface area contributed by atoms with Crippen molar-refractivity contribution in [2.24, 2.45) is 5.73 Å². The molecular weight excluding hydrogens is 334 g/mol. The molecule has 0 aliphatic rings. The summed E-state index contributed by atoms with van der Waals surface area (Å²) >= 11 is 0. The van der Waals surface area contributed by atoms with E-state index in [2.05, 4.69) is 22.8 Å². The summed E-state index contributed by atoms with van der Waals surface area (Å²) in [5.74, 6) is -1.54. The Balaban J connectivity index is 2.06. The van der Waals surface area contributed by atoms with Crippen LogP contribution in [-0.4, -0.2) is 41.5 Å². The highest BCUT2D eigenvalue weighted by molar-refractivity contribution is 5.86. The maximum atomic E-state index is 11.8. The molecule has 1 aromatic rings. The molecule has 0 saturated heterocycles. The first-order valence-electron chi connectivity index (χ1n) is 8.99. The number of rotatable bonds is 12. The minimum absolute atomic E-state index is 0.0262. The number of aliphatic carboxylic acids is 1. The third-order valence-electron chi connectivity index (χ3n) is 4.04. The predicted octanol–water partition coefficient (Wildman–Crippen LogP) is 1.21. The van der Waals surface area contributed by atoms with Crippen molar-refractivity contribution >= 4 is 17.8 Å². The van der Waals surface area contributed by atoms with Crippen LogP contribution in [0.5, 0.6) is 0 Å². The number of unbranched alkanes of at least 4 members (excludes halogenated alkanes) is 1. The Morgan fingerprint density at radius 1 is 1.12 bits per heavy atom. The Kier molecular flexibility index (Phi) is 10.0. The van der Waals surface area contributed by atoms with Gasteiger partial charge in [-0.05, 0) is 44.6 Å². The normalized spacial score (nSPS) is 12.8. The Bertz CT molecular complexity index is 577. The molecule has 0 fully saturated rings. The van der Waals surface area contributed by atoms with Crippen molar-refractivity contribution in [2.75, 3.05) is 6.54 Å². The molecule has 0 bridgehead atoms. The molecule has 1 rings (SSSR count). The number of aryl methyl sites for hydroxylation is 1. The number of amides is 2. The van der Waals surface area contributed by atoms with Gasteiger partial charge in [-0.3, -0.25) is 14.4 Å². The standard InChI is InChI=1S/C19H29N3O4/c1-14(19(25)26)22-18(24)16(20)11-5-6-13-21-17(23)12-7-10-15-8-3-2-4-9-15/h2-4,8-9,14,16H,5-7,10-13,20H2,1H3,(H,21,23)(H,22,24)(H,25,26)/t14-,16-/m0/s1. The molecule has 0 radical (unpaired) electrons. The second-order valence-electron chi connectivity index (χ2n) is 6.36. The van der Waals surface area contributed by atoms with Gasteiger partial charge in [-0.1, -0.05) is 30.3 Å². The van der Waals surface area contributed by atoms with Gasteiger partial charge in [-0.2, -0.15) is 0 Å². The van der Waals surface area contributed by atoms with Gasteiger partial charge in [0.15, 0.2) is 0 Å². The lowest BCUT2D eigenvalue weighted by Gasteiger charge is -2.14. The number of nitrogens with two attached hydrogens (primary N) is 1. The van der Waals surface area contributed by atoms with Gasteiger partial charge in [-0.25, -0.2) is 0 Å². The Morgan fingerprint density at radius 3 is 2.46 bits per heavy atom. The smallest absolute Gasteiger partial charge is 0.325 e. The van der Waals surface area contributed by atoms with E-state index in [9.17, 15) is 14.4 Å². The molecule has 5 N–H and O–H groups in total. The van der Waals surface area contributed by atoms with Crippen molar-refractivity contribution in [3.8, 4) is 0 Å². The van der Waals surface area contributed by atoms with Gasteiger partial charge in [0, 0.05) is 13.0 Å². The lowest BCUT2D eigenvalue weighted by molar-refractivity contribution is -0.141. The van der Waals surface area contributed by atoms with E-state index in [1.165, 1.54) is 12.5 Å². The molecule has 2 atom stereocenters. The van der Waals surface area contributed by atoms with Gasteiger partial charge in [0.05, 0.1) is 6.04 Å². The summed E-state index contributed by atoms with van der Waals surface area (Å²) in [4.78, 5) is 34.1. The molecular formula is C19H29N3O4. The first-order valence-corrected chi connectivity index (χ1v) is 8.99. The third-order valence-corrected chi connectivity index (χ3v) is 4.04. The molecule has 1 aromatic carbocycles. The number of nitrogens with one attached hydrogen (secondary N) is 2. The first kappa shape index (κ1) is 21.6. The van der Waals surface area contributed by atoms with Crippen LogP contribution in [0.4, 0.5) is 0 Å². The minimum atomic E-state index is -1.10. The van der Waals surface area contributed by atoms with Crippen LogP contribution in [0.25, 0.3) is 0 Å². The zero-order valence-corrected chi connectivity index (χ0v) is 15.2. The van der Waals surface area contributed by atoms with Gasteiger partial charge >= 0.3 is 5.97 Å². The number of hydrogen-bond acceptors (Lipinski definition) is 4. The number of hydrogen-bond donors (Lipinski definition) is 4. The van der Waals surface area contributed by atoms with E-state index in [-0.39, 0.29) is 5.91 Å². The fourth-order valence-electron chi connectivity index (χ4n) is 2.42. The Hall–Kier alpha value is -2.41. The minimum Gasteiger partial charge on any atom is -0.480 e. The fraction of sp³-hybridized carbons (Fsp3) is 0.526. The number of carbonyl (C=O) groups is 3. The van der Waals surface area contributed by atoms with Crippen LogP contribution >= 0.6 is 0 Å². The third kappa shape index (κ3) is 9.17. The van der Waals surface area contributed by atoms with E-state index in [1.54, 1.807) is 0 Å².